The predicted molar refractivity (Wildman–Crippen MR) is 95.5 cm³/mol. The van der Waals surface area contributed by atoms with Crippen LogP contribution >= 0.6 is 0 Å². The van der Waals surface area contributed by atoms with Crippen molar-refractivity contribution in [3.63, 3.8) is 0 Å². The standard InChI is InChI=1S/C20H30N2O2/c1-19(2)12-16(14-21(19)13-15-8-6-5-7-9-15)18(23)22-11-10-17(22)20(3,4)24/h5-9,16-17,24H,10-14H2,1-4H3. The molecule has 2 saturated heterocycles. The maximum Gasteiger partial charge on any atom is 0.227 e. The van der Waals surface area contributed by atoms with Gasteiger partial charge in [0.25, 0.3) is 0 Å². The maximum absolute atomic E-state index is 13.0. The molecule has 1 N–H and O–H groups in total. The van der Waals surface area contributed by atoms with Gasteiger partial charge in [0, 0.05) is 25.2 Å². The zero-order valence-electron chi connectivity index (χ0n) is 15.3. The topological polar surface area (TPSA) is 43.8 Å². The molecular weight excluding hydrogens is 300 g/mol. The number of likely N-dealkylation sites (tertiary alicyclic amines) is 2. The summed E-state index contributed by atoms with van der Waals surface area (Å²) in [7, 11) is 0. The first-order valence-electron chi connectivity index (χ1n) is 9.00. The smallest absolute Gasteiger partial charge is 0.227 e. The van der Waals surface area contributed by atoms with E-state index >= 15 is 0 Å². The lowest BCUT2D eigenvalue weighted by Crippen LogP contribution is -2.61. The van der Waals surface area contributed by atoms with Crippen LogP contribution in [0.15, 0.2) is 30.3 Å². The van der Waals surface area contributed by atoms with Crippen LogP contribution in [-0.4, -0.2) is 51.1 Å². The third kappa shape index (κ3) is 3.35. The van der Waals surface area contributed by atoms with Crippen LogP contribution in [0.1, 0.15) is 46.1 Å². The minimum atomic E-state index is -0.814. The first kappa shape index (κ1) is 17.4. The van der Waals surface area contributed by atoms with Crippen molar-refractivity contribution in [2.75, 3.05) is 13.1 Å². The minimum absolute atomic E-state index is 0.0191. The largest absolute Gasteiger partial charge is 0.388 e. The molecule has 1 amide bonds. The first-order valence-corrected chi connectivity index (χ1v) is 9.00. The van der Waals surface area contributed by atoms with Crippen molar-refractivity contribution >= 4 is 5.91 Å². The summed E-state index contributed by atoms with van der Waals surface area (Å²) in [6.07, 6.45) is 1.78. The van der Waals surface area contributed by atoms with Crippen LogP contribution in [0.3, 0.4) is 0 Å². The van der Waals surface area contributed by atoms with Crippen molar-refractivity contribution in [1.82, 2.24) is 9.80 Å². The quantitative estimate of drug-likeness (QED) is 0.923. The normalized spacial score (nSPS) is 27.1. The Morgan fingerprint density at radius 2 is 1.96 bits per heavy atom. The Balaban J connectivity index is 1.67. The van der Waals surface area contributed by atoms with Gasteiger partial charge in [0.15, 0.2) is 0 Å². The van der Waals surface area contributed by atoms with Gasteiger partial charge in [-0.05, 0) is 46.1 Å². The Morgan fingerprint density at radius 3 is 2.50 bits per heavy atom. The van der Waals surface area contributed by atoms with E-state index in [0.29, 0.717) is 0 Å². The summed E-state index contributed by atoms with van der Waals surface area (Å²) in [5.41, 5.74) is 0.494. The first-order chi connectivity index (χ1) is 11.2. The van der Waals surface area contributed by atoms with Gasteiger partial charge in [-0.3, -0.25) is 9.69 Å². The summed E-state index contributed by atoms with van der Waals surface area (Å²) >= 11 is 0. The molecule has 24 heavy (non-hydrogen) atoms. The summed E-state index contributed by atoms with van der Waals surface area (Å²) in [6.45, 7) is 10.5. The zero-order valence-corrected chi connectivity index (χ0v) is 15.3. The zero-order chi connectivity index (χ0) is 17.5. The van der Waals surface area contributed by atoms with Crippen molar-refractivity contribution in [1.29, 1.82) is 0 Å². The van der Waals surface area contributed by atoms with Crippen LogP contribution < -0.4 is 0 Å². The van der Waals surface area contributed by atoms with Gasteiger partial charge in [0.05, 0.1) is 17.6 Å². The number of hydrogen-bond donors (Lipinski definition) is 1. The molecule has 0 radical (unpaired) electrons. The Morgan fingerprint density at radius 1 is 1.29 bits per heavy atom. The van der Waals surface area contributed by atoms with Crippen molar-refractivity contribution < 1.29 is 9.90 Å². The van der Waals surface area contributed by atoms with Gasteiger partial charge in [0.1, 0.15) is 0 Å². The molecule has 4 nitrogen and oxygen atoms in total. The van der Waals surface area contributed by atoms with Gasteiger partial charge in [0.2, 0.25) is 5.91 Å². The number of amides is 1. The van der Waals surface area contributed by atoms with Crippen molar-refractivity contribution in [3.8, 4) is 0 Å². The molecule has 2 aliphatic heterocycles. The van der Waals surface area contributed by atoms with Crippen LogP contribution in [0.4, 0.5) is 0 Å². The Bertz CT molecular complexity index is 591. The number of nitrogens with zero attached hydrogens (tertiary/aromatic N) is 2. The molecule has 2 heterocycles. The second kappa shape index (κ2) is 6.16. The highest BCUT2D eigenvalue weighted by atomic mass is 16.3. The van der Waals surface area contributed by atoms with Gasteiger partial charge in [-0.15, -0.1) is 0 Å². The molecule has 4 heteroatoms. The molecule has 0 aromatic heterocycles. The molecule has 1 aromatic rings. The number of carbonyl (C=O) groups excluding carboxylic acids is 1. The Kier molecular flexibility index (Phi) is 4.47. The second-order valence-electron chi connectivity index (χ2n) is 8.57. The fraction of sp³-hybridized carbons (Fsp3) is 0.650. The highest BCUT2D eigenvalue weighted by Gasteiger charge is 2.48. The molecule has 2 unspecified atom stereocenters. The van der Waals surface area contributed by atoms with E-state index in [9.17, 15) is 9.90 Å². The third-order valence-corrected chi connectivity index (χ3v) is 5.73. The molecular formula is C20H30N2O2. The number of benzene rings is 1. The van der Waals surface area contributed by atoms with E-state index in [0.717, 1.165) is 32.5 Å². The van der Waals surface area contributed by atoms with Crippen molar-refractivity contribution in [2.24, 2.45) is 5.92 Å². The van der Waals surface area contributed by atoms with Crippen LogP contribution in [-0.2, 0) is 11.3 Å². The summed E-state index contributed by atoms with van der Waals surface area (Å²) in [5, 5.41) is 10.2. The number of rotatable bonds is 4. The second-order valence-corrected chi connectivity index (χ2v) is 8.57. The van der Waals surface area contributed by atoms with Crippen LogP contribution in [0.5, 0.6) is 0 Å². The average molecular weight is 330 g/mol. The Labute approximate surface area is 145 Å². The lowest BCUT2D eigenvalue weighted by molar-refractivity contribution is -0.153. The average Bonchev–Trinajstić information content (AvgIpc) is 2.72. The lowest BCUT2D eigenvalue weighted by atomic mass is 9.86. The molecule has 0 spiro atoms. The molecule has 0 aliphatic carbocycles. The highest BCUT2D eigenvalue weighted by molar-refractivity contribution is 5.81. The van der Waals surface area contributed by atoms with Gasteiger partial charge in [-0.25, -0.2) is 0 Å². The Hall–Kier alpha value is -1.39. The molecule has 0 bridgehead atoms. The molecule has 2 fully saturated rings. The van der Waals surface area contributed by atoms with E-state index < -0.39 is 5.60 Å². The van der Waals surface area contributed by atoms with Gasteiger partial charge in [-0.2, -0.15) is 0 Å². The van der Waals surface area contributed by atoms with Crippen LogP contribution in [0, 0.1) is 5.92 Å². The molecule has 132 valence electrons. The van der Waals surface area contributed by atoms with Gasteiger partial charge in [-0.1, -0.05) is 30.3 Å². The minimum Gasteiger partial charge on any atom is -0.388 e. The molecule has 3 rings (SSSR count). The molecule has 0 saturated carbocycles. The summed E-state index contributed by atoms with van der Waals surface area (Å²) in [4.78, 5) is 17.3. The molecule has 1 aromatic carbocycles. The fourth-order valence-electron chi connectivity index (χ4n) is 4.18. The van der Waals surface area contributed by atoms with E-state index in [2.05, 4.69) is 43.0 Å². The van der Waals surface area contributed by atoms with Crippen LogP contribution in [0.25, 0.3) is 0 Å². The fourth-order valence-corrected chi connectivity index (χ4v) is 4.18. The van der Waals surface area contributed by atoms with E-state index in [4.69, 9.17) is 0 Å². The predicted octanol–water partition coefficient (Wildman–Crippen LogP) is 2.66. The summed E-state index contributed by atoms with van der Waals surface area (Å²) < 4.78 is 0. The number of aliphatic hydroxyl groups is 1. The monoisotopic (exact) mass is 330 g/mol. The maximum atomic E-state index is 13.0. The van der Waals surface area contributed by atoms with Gasteiger partial charge < -0.3 is 10.0 Å². The summed E-state index contributed by atoms with van der Waals surface area (Å²) in [6, 6.07) is 10.4. The number of hydrogen-bond acceptors (Lipinski definition) is 3. The SMILES string of the molecule is CC(C)(O)C1CCN1C(=O)C1CN(Cc2ccccc2)C(C)(C)C1. The van der Waals surface area contributed by atoms with Crippen molar-refractivity contribution in [3.05, 3.63) is 35.9 Å². The lowest BCUT2D eigenvalue weighted by Gasteiger charge is -2.48. The van der Waals surface area contributed by atoms with Crippen LogP contribution in [0.2, 0.25) is 0 Å². The van der Waals surface area contributed by atoms with E-state index in [-0.39, 0.29) is 23.4 Å². The summed E-state index contributed by atoms with van der Waals surface area (Å²) in [5.74, 6) is 0.255. The van der Waals surface area contributed by atoms with E-state index in [1.807, 2.05) is 11.0 Å². The van der Waals surface area contributed by atoms with Gasteiger partial charge >= 0.3 is 0 Å². The molecule has 2 aliphatic rings. The highest BCUT2D eigenvalue weighted by Crippen LogP contribution is 2.37. The van der Waals surface area contributed by atoms with E-state index in [1.54, 1.807) is 13.8 Å². The third-order valence-electron chi connectivity index (χ3n) is 5.73. The van der Waals surface area contributed by atoms with Crippen molar-refractivity contribution in [2.45, 2.75) is 64.3 Å². The molecule has 2 atom stereocenters. The number of carbonyl (C=O) groups is 1. The van der Waals surface area contributed by atoms with E-state index in [1.165, 1.54) is 5.56 Å².